The van der Waals surface area contributed by atoms with E-state index in [1.807, 2.05) is 31.9 Å². The summed E-state index contributed by atoms with van der Waals surface area (Å²) < 4.78 is 0.682. The third kappa shape index (κ3) is 3.34. The molecule has 34 heavy (non-hydrogen) atoms. The van der Waals surface area contributed by atoms with Crippen molar-refractivity contribution in [3.63, 3.8) is 0 Å². The van der Waals surface area contributed by atoms with Crippen molar-refractivity contribution >= 4 is 51.5 Å². The van der Waals surface area contributed by atoms with Crippen LogP contribution in [-0.4, -0.2) is 55.1 Å². The first-order valence-electron chi connectivity index (χ1n) is 10.7. The summed E-state index contributed by atoms with van der Waals surface area (Å²) in [5.41, 5.74) is 0.638. The van der Waals surface area contributed by atoms with Gasteiger partial charge in [0.1, 0.15) is 9.69 Å². The number of hydroxylamine groups is 2. The van der Waals surface area contributed by atoms with Crippen molar-refractivity contribution in [1.82, 2.24) is 9.96 Å². The number of para-hydroxylation sites is 1. The molecule has 5 rings (SSSR count). The van der Waals surface area contributed by atoms with Gasteiger partial charge in [-0.05, 0) is 31.5 Å². The van der Waals surface area contributed by atoms with E-state index in [0.717, 1.165) is 0 Å². The Labute approximate surface area is 205 Å². The first-order valence-corrected chi connectivity index (χ1v) is 12.0. The molecule has 9 nitrogen and oxygen atoms in total. The molecule has 3 saturated heterocycles. The van der Waals surface area contributed by atoms with Crippen molar-refractivity contribution < 1.29 is 19.3 Å². The first kappa shape index (κ1) is 22.9. The third-order valence-corrected chi connectivity index (χ3v) is 8.84. The van der Waals surface area contributed by atoms with Gasteiger partial charge in [-0.25, -0.2) is 4.90 Å². The van der Waals surface area contributed by atoms with E-state index in [9.17, 15) is 19.7 Å². The van der Waals surface area contributed by atoms with E-state index >= 15 is 0 Å². The van der Waals surface area contributed by atoms with Gasteiger partial charge in [-0.3, -0.25) is 24.5 Å². The Morgan fingerprint density at radius 3 is 2.26 bits per heavy atom. The lowest BCUT2D eigenvalue weighted by molar-refractivity contribution is -0.384. The van der Waals surface area contributed by atoms with Gasteiger partial charge in [0.2, 0.25) is 5.91 Å². The number of hydrogen-bond donors (Lipinski definition) is 0. The Morgan fingerprint density at radius 1 is 1.06 bits per heavy atom. The van der Waals surface area contributed by atoms with Crippen LogP contribution in [0.5, 0.6) is 0 Å². The number of hydrogen-bond acceptors (Lipinski definition) is 8. The van der Waals surface area contributed by atoms with E-state index < -0.39 is 34.4 Å². The summed E-state index contributed by atoms with van der Waals surface area (Å²) >= 11 is 6.96. The number of likely N-dealkylation sites (N-methyl/N-ethyl adjacent to an activating group) is 1. The molecule has 11 heteroatoms. The Balaban J connectivity index is 1.58. The molecule has 0 spiro atoms. The van der Waals surface area contributed by atoms with E-state index in [-0.39, 0.29) is 17.0 Å². The van der Waals surface area contributed by atoms with Crippen LogP contribution in [0.3, 0.4) is 0 Å². The van der Waals surface area contributed by atoms with Gasteiger partial charge in [0, 0.05) is 19.2 Å². The Bertz CT molecular complexity index is 1190. The molecule has 3 heterocycles. The fourth-order valence-corrected chi connectivity index (χ4v) is 6.52. The van der Waals surface area contributed by atoms with Gasteiger partial charge in [-0.2, -0.15) is 5.06 Å². The highest BCUT2D eigenvalue weighted by molar-refractivity contribution is 8.23. The Kier molecular flexibility index (Phi) is 5.47. The molecule has 0 N–H and O–H groups in total. The standard InChI is InChI=1S/C23H22N4O5S2/c1-23(2)21(34-22(33)24(23)3)26-17(13-9-11-15(12-10-13)27(30)31)16-18(32-26)20(29)25(19(16)28)14-7-5-4-6-8-14/h4-12,16-18,21H,1-3H3/t16-,17-,18+,21+/m1/s1. The molecule has 3 aliphatic rings. The number of thioether (sulfide) groups is 1. The molecule has 3 fully saturated rings. The zero-order chi connectivity index (χ0) is 24.4. The average Bonchev–Trinajstić information content (AvgIpc) is 3.39. The van der Waals surface area contributed by atoms with Crippen LogP contribution in [0.15, 0.2) is 54.6 Å². The summed E-state index contributed by atoms with van der Waals surface area (Å²) in [5.74, 6) is -1.58. The minimum atomic E-state index is -0.997. The summed E-state index contributed by atoms with van der Waals surface area (Å²) in [5, 5.41) is 12.6. The summed E-state index contributed by atoms with van der Waals surface area (Å²) in [6, 6.07) is 14.2. The molecule has 176 valence electrons. The molecule has 4 atom stereocenters. The lowest BCUT2D eigenvalue weighted by Crippen LogP contribution is -2.51. The van der Waals surface area contributed by atoms with Crippen LogP contribution in [0, 0.1) is 16.0 Å². The predicted molar refractivity (Wildman–Crippen MR) is 131 cm³/mol. The largest absolute Gasteiger partial charge is 0.353 e. The maximum Gasteiger partial charge on any atom is 0.269 e. The fraction of sp³-hybridized carbons (Fsp3) is 0.348. The van der Waals surface area contributed by atoms with Crippen molar-refractivity contribution in [2.45, 2.75) is 36.9 Å². The molecule has 0 unspecified atom stereocenters. The first-order chi connectivity index (χ1) is 16.1. The van der Waals surface area contributed by atoms with Crippen molar-refractivity contribution in [3.05, 3.63) is 70.3 Å². The summed E-state index contributed by atoms with van der Waals surface area (Å²) in [6.45, 7) is 4.04. The smallest absolute Gasteiger partial charge is 0.269 e. The molecule has 2 aromatic rings. The van der Waals surface area contributed by atoms with Gasteiger partial charge in [0.05, 0.1) is 28.1 Å². The highest BCUT2D eigenvalue weighted by atomic mass is 32.2. The monoisotopic (exact) mass is 498 g/mol. The van der Waals surface area contributed by atoms with Crippen LogP contribution >= 0.6 is 24.0 Å². The van der Waals surface area contributed by atoms with Crippen LogP contribution in [-0.2, 0) is 14.4 Å². The molecule has 0 aliphatic carbocycles. The van der Waals surface area contributed by atoms with E-state index in [1.54, 1.807) is 41.5 Å². The number of carbonyl (C=O) groups excluding carboxylic acids is 2. The molecule has 0 aromatic heterocycles. The van der Waals surface area contributed by atoms with Crippen LogP contribution < -0.4 is 4.90 Å². The van der Waals surface area contributed by atoms with E-state index in [2.05, 4.69) is 0 Å². The van der Waals surface area contributed by atoms with E-state index in [4.69, 9.17) is 17.1 Å². The van der Waals surface area contributed by atoms with Crippen LogP contribution in [0.1, 0.15) is 25.5 Å². The lowest BCUT2D eigenvalue weighted by atomic mass is 9.90. The summed E-state index contributed by atoms with van der Waals surface area (Å²) in [7, 11) is 1.90. The number of carbonyl (C=O) groups is 2. The topological polar surface area (TPSA) is 96.2 Å². The second-order valence-corrected chi connectivity index (χ2v) is 10.7. The average molecular weight is 499 g/mol. The predicted octanol–water partition coefficient (Wildman–Crippen LogP) is 3.51. The van der Waals surface area contributed by atoms with Gasteiger partial charge in [0.15, 0.2) is 6.10 Å². The zero-order valence-corrected chi connectivity index (χ0v) is 20.3. The fourth-order valence-electron chi connectivity index (χ4n) is 4.70. The number of nitro benzene ring substituents is 1. The van der Waals surface area contributed by atoms with Crippen molar-refractivity contribution in [1.29, 1.82) is 0 Å². The van der Waals surface area contributed by atoms with Crippen molar-refractivity contribution in [2.24, 2.45) is 5.92 Å². The van der Waals surface area contributed by atoms with Crippen molar-refractivity contribution in [2.75, 3.05) is 11.9 Å². The minimum Gasteiger partial charge on any atom is -0.353 e. The third-order valence-electron chi connectivity index (χ3n) is 6.79. The molecule has 0 saturated carbocycles. The Hall–Kier alpha value is -2.86. The molecule has 3 aliphatic heterocycles. The summed E-state index contributed by atoms with van der Waals surface area (Å²) in [6.07, 6.45) is -0.997. The highest BCUT2D eigenvalue weighted by Gasteiger charge is 2.63. The molecule has 0 bridgehead atoms. The number of nitrogens with zero attached hydrogens (tertiary/aromatic N) is 4. The minimum absolute atomic E-state index is 0.0537. The number of anilines is 1. The quantitative estimate of drug-likeness (QED) is 0.272. The second kappa shape index (κ2) is 8.12. The van der Waals surface area contributed by atoms with Gasteiger partial charge in [-0.1, -0.05) is 54.3 Å². The van der Waals surface area contributed by atoms with Crippen LogP contribution in [0.25, 0.3) is 0 Å². The number of imide groups is 1. The SMILES string of the molecule is CN1C(=S)S[C@H](N2O[C@@H]3C(=O)N(c4ccccc4)C(=O)[C@@H]3[C@H]2c2ccc([N+](=O)[O-])cc2)C1(C)C. The van der Waals surface area contributed by atoms with Gasteiger partial charge < -0.3 is 4.90 Å². The number of benzene rings is 2. The van der Waals surface area contributed by atoms with Gasteiger partial charge >= 0.3 is 0 Å². The number of fused-ring (bicyclic) bond motifs is 1. The number of nitro groups is 1. The maximum atomic E-state index is 13.7. The van der Waals surface area contributed by atoms with E-state index in [1.165, 1.54) is 28.8 Å². The maximum absolute atomic E-state index is 13.7. The lowest BCUT2D eigenvalue weighted by Gasteiger charge is -2.39. The molecular weight excluding hydrogens is 476 g/mol. The van der Waals surface area contributed by atoms with Gasteiger partial charge in [-0.15, -0.1) is 0 Å². The number of amides is 2. The Morgan fingerprint density at radius 2 is 1.71 bits per heavy atom. The zero-order valence-electron chi connectivity index (χ0n) is 18.7. The molecule has 2 amide bonds. The highest BCUT2D eigenvalue weighted by Crippen LogP contribution is 2.52. The number of rotatable bonds is 4. The van der Waals surface area contributed by atoms with Crippen LogP contribution in [0.2, 0.25) is 0 Å². The van der Waals surface area contributed by atoms with E-state index in [0.29, 0.717) is 15.6 Å². The number of thiocarbonyl (C=S) groups is 1. The normalized spacial score (nSPS) is 28.6. The summed E-state index contributed by atoms with van der Waals surface area (Å²) in [4.78, 5) is 47.2. The van der Waals surface area contributed by atoms with Crippen molar-refractivity contribution in [3.8, 4) is 0 Å². The van der Waals surface area contributed by atoms with Gasteiger partial charge in [0.25, 0.3) is 11.6 Å². The molecule has 0 radical (unpaired) electrons. The molecule has 2 aromatic carbocycles. The number of non-ortho nitro benzene ring substituents is 1. The van der Waals surface area contributed by atoms with Crippen LogP contribution in [0.4, 0.5) is 11.4 Å². The molecular formula is C23H22N4O5S2. The second-order valence-electron chi connectivity index (χ2n) is 9.00.